The second-order valence-electron chi connectivity index (χ2n) is 15.1. The molecule has 1 aromatic carbocycles. The number of aliphatic carboxylic acids is 1. The van der Waals surface area contributed by atoms with Crippen molar-refractivity contribution in [3.05, 3.63) is 35.9 Å². The second-order valence-corrected chi connectivity index (χ2v) is 15.1. The number of carboxylic acids is 1. The fraction of sp³-hybridized carbons (Fsp3) is 0.778. The van der Waals surface area contributed by atoms with E-state index in [1.807, 2.05) is 0 Å². The number of hydrogen-bond donors (Lipinski definition) is 15. The maximum Gasteiger partial charge on any atom is 0.364 e. The van der Waals surface area contributed by atoms with Crippen LogP contribution in [0, 0.1) is 0 Å². The van der Waals surface area contributed by atoms with Crippen LogP contribution in [0.3, 0.4) is 0 Å². The fourth-order valence-electron chi connectivity index (χ4n) is 7.49. The zero-order chi connectivity index (χ0) is 44.9. The first kappa shape index (κ1) is 49.3. The molecule has 0 unspecified atom stereocenters. The SMILES string of the molecule is CC(=O)N[C@H]1[C@H]([C@H](O)[C@H](O)CO)O[C@@](O[C@H]2[C@@H](O)[C@@H](CO)O[C@@H](O[C@H]3[C@@H](O)[C@@H](CO)O[C@@H](OCc4ccccc4)[C@@H]3O[C@@H]3O[C@H](CO)[C@H](O)[C@H](O)[C@H]3O)[C@@H]2O)(C(=O)O)C[C@@H]1O. The van der Waals surface area contributed by atoms with Gasteiger partial charge >= 0.3 is 5.97 Å². The zero-order valence-electron chi connectivity index (χ0n) is 32.5. The minimum Gasteiger partial charge on any atom is -0.477 e. The Morgan fingerprint density at radius 3 is 1.84 bits per heavy atom. The molecule has 4 fully saturated rings. The molecule has 0 bridgehead atoms. The molecule has 4 aliphatic rings. The van der Waals surface area contributed by atoms with Crippen LogP contribution in [0.1, 0.15) is 18.9 Å². The third kappa shape index (κ3) is 10.8. The summed E-state index contributed by atoms with van der Waals surface area (Å²) in [7, 11) is 0. The van der Waals surface area contributed by atoms with E-state index in [0.717, 1.165) is 6.92 Å². The molecule has 4 heterocycles. The Labute approximate surface area is 346 Å². The molecule has 348 valence electrons. The van der Waals surface area contributed by atoms with Gasteiger partial charge in [-0.1, -0.05) is 30.3 Å². The average Bonchev–Trinajstić information content (AvgIpc) is 3.24. The molecule has 0 aliphatic carbocycles. The summed E-state index contributed by atoms with van der Waals surface area (Å²) in [5, 5.41) is 151. The van der Waals surface area contributed by atoms with Gasteiger partial charge in [0.25, 0.3) is 5.79 Å². The number of ether oxygens (including phenoxy) is 8. The third-order valence-corrected chi connectivity index (χ3v) is 10.8. The van der Waals surface area contributed by atoms with Gasteiger partial charge in [0.1, 0.15) is 91.6 Å². The summed E-state index contributed by atoms with van der Waals surface area (Å²) in [5.41, 5.74) is 0.582. The molecule has 25 heteroatoms. The van der Waals surface area contributed by atoms with Crippen molar-refractivity contribution in [2.24, 2.45) is 0 Å². The van der Waals surface area contributed by atoms with E-state index < -0.39 is 173 Å². The van der Waals surface area contributed by atoms with Crippen LogP contribution in [0.4, 0.5) is 0 Å². The molecule has 25 nitrogen and oxygen atoms in total. The number of aliphatic hydroxyl groups is 13. The maximum atomic E-state index is 13.0. The Bertz CT molecular complexity index is 1550. The normalized spacial score (nSPS) is 43.0. The van der Waals surface area contributed by atoms with Gasteiger partial charge in [0, 0.05) is 13.3 Å². The van der Waals surface area contributed by atoms with Gasteiger partial charge in [-0.25, -0.2) is 4.79 Å². The van der Waals surface area contributed by atoms with Crippen molar-refractivity contribution in [3.63, 3.8) is 0 Å². The topological polar surface area (TPSA) is 403 Å². The number of carbonyl (C=O) groups is 2. The molecule has 1 amide bonds. The molecule has 4 aliphatic heterocycles. The van der Waals surface area contributed by atoms with Gasteiger partial charge < -0.3 is 115 Å². The number of hydrogen-bond acceptors (Lipinski definition) is 23. The number of carboxylic acid groups (broad SMARTS) is 1. The molecule has 4 saturated heterocycles. The number of benzene rings is 1. The van der Waals surface area contributed by atoms with Gasteiger partial charge in [-0.15, -0.1) is 0 Å². The van der Waals surface area contributed by atoms with Crippen molar-refractivity contribution in [2.45, 2.75) is 148 Å². The summed E-state index contributed by atoms with van der Waals surface area (Å²) < 4.78 is 46.3. The smallest absolute Gasteiger partial charge is 0.364 e. The molecular weight excluding hydrogens is 830 g/mol. The summed E-state index contributed by atoms with van der Waals surface area (Å²) in [6.07, 6.45) is -38.0. The molecule has 1 aromatic rings. The van der Waals surface area contributed by atoms with E-state index in [1.165, 1.54) is 0 Å². The van der Waals surface area contributed by atoms with Crippen molar-refractivity contribution >= 4 is 11.9 Å². The highest BCUT2D eigenvalue weighted by molar-refractivity contribution is 5.76. The lowest BCUT2D eigenvalue weighted by molar-refractivity contribution is -0.402. The van der Waals surface area contributed by atoms with Crippen LogP contribution < -0.4 is 5.32 Å². The van der Waals surface area contributed by atoms with Crippen LogP contribution in [0.5, 0.6) is 0 Å². The van der Waals surface area contributed by atoms with Crippen LogP contribution in [0.2, 0.25) is 0 Å². The van der Waals surface area contributed by atoms with E-state index in [-0.39, 0.29) is 6.61 Å². The summed E-state index contributed by atoms with van der Waals surface area (Å²) >= 11 is 0. The number of rotatable bonds is 17. The zero-order valence-corrected chi connectivity index (χ0v) is 32.5. The van der Waals surface area contributed by atoms with Crippen molar-refractivity contribution < 1.29 is 119 Å². The minimum absolute atomic E-state index is 0.213. The summed E-state index contributed by atoms with van der Waals surface area (Å²) in [4.78, 5) is 24.9. The van der Waals surface area contributed by atoms with Crippen LogP contribution in [0.15, 0.2) is 30.3 Å². The number of amides is 1. The minimum atomic E-state index is -3.13. The second kappa shape index (κ2) is 21.3. The predicted molar refractivity (Wildman–Crippen MR) is 192 cm³/mol. The van der Waals surface area contributed by atoms with Gasteiger partial charge in [0.15, 0.2) is 18.9 Å². The first-order valence-electron chi connectivity index (χ1n) is 19.3. The highest BCUT2D eigenvalue weighted by Gasteiger charge is 2.60. The van der Waals surface area contributed by atoms with Gasteiger partial charge in [-0.05, 0) is 5.56 Å². The molecule has 0 radical (unpaired) electrons. The van der Waals surface area contributed by atoms with E-state index in [9.17, 15) is 81.1 Å². The van der Waals surface area contributed by atoms with E-state index in [1.54, 1.807) is 30.3 Å². The van der Waals surface area contributed by atoms with Crippen molar-refractivity contribution in [2.75, 3.05) is 26.4 Å². The van der Waals surface area contributed by atoms with Gasteiger partial charge in [-0.2, -0.15) is 0 Å². The van der Waals surface area contributed by atoms with E-state index in [4.69, 9.17) is 37.9 Å². The molecule has 0 aromatic heterocycles. The largest absolute Gasteiger partial charge is 0.477 e. The van der Waals surface area contributed by atoms with E-state index in [2.05, 4.69) is 5.32 Å². The first-order chi connectivity index (χ1) is 28.9. The number of nitrogens with one attached hydrogen (secondary N) is 1. The van der Waals surface area contributed by atoms with Crippen LogP contribution in [-0.4, -0.2) is 238 Å². The highest BCUT2D eigenvalue weighted by Crippen LogP contribution is 2.39. The summed E-state index contributed by atoms with van der Waals surface area (Å²) in [5.74, 6) is -5.94. The number of aliphatic hydroxyl groups excluding tert-OH is 13. The Kier molecular flexibility index (Phi) is 17.3. The van der Waals surface area contributed by atoms with Crippen LogP contribution >= 0.6 is 0 Å². The summed E-state index contributed by atoms with van der Waals surface area (Å²) in [6.45, 7) is -3.10. The molecular formula is C36H55NO24. The Hall–Kier alpha value is -2.68. The van der Waals surface area contributed by atoms with Crippen molar-refractivity contribution in [1.29, 1.82) is 0 Å². The maximum absolute atomic E-state index is 13.0. The van der Waals surface area contributed by atoms with Crippen LogP contribution in [-0.2, 0) is 54.1 Å². The Morgan fingerprint density at radius 2 is 1.28 bits per heavy atom. The van der Waals surface area contributed by atoms with Crippen molar-refractivity contribution in [3.8, 4) is 0 Å². The molecule has 0 spiro atoms. The predicted octanol–water partition coefficient (Wildman–Crippen LogP) is -8.17. The van der Waals surface area contributed by atoms with Gasteiger partial charge in [0.2, 0.25) is 5.91 Å². The molecule has 0 saturated carbocycles. The standard InChI is InChI=1S/C36H55NO24/c1-13(42)37-20-15(43)7-36(35(52)53,60-28(20)21(45)16(44)8-38)61-29-23(47)18(10-40)56-33(27(29)51)58-30-24(48)19(11-41)57-34(54-12-14-5-3-2-4-6-14)31(30)59-32-26(50)25(49)22(46)17(9-39)55-32/h2-6,15-34,38-41,43-51H,7-12H2,1H3,(H,37,42)(H,52,53)/t15-,16+,17+,18+,19+,20+,21+,22-,23-,24-,25-,26+,27+,28+,29-,30-,31+,32-,33-,34+,36-/m0/s1. The molecule has 5 rings (SSSR count). The van der Waals surface area contributed by atoms with Gasteiger partial charge in [0.05, 0.1) is 45.2 Å². The third-order valence-electron chi connectivity index (χ3n) is 10.8. The van der Waals surface area contributed by atoms with Crippen molar-refractivity contribution in [1.82, 2.24) is 5.32 Å². The van der Waals surface area contributed by atoms with Gasteiger partial charge in [-0.3, -0.25) is 4.79 Å². The molecule has 61 heavy (non-hydrogen) atoms. The van der Waals surface area contributed by atoms with E-state index in [0.29, 0.717) is 5.56 Å². The lowest BCUT2D eigenvalue weighted by atomic mass is 9.88. The molecule has 21 atom stereocenters. The van der Waals surface area contributed by atoms with E-state index >= 15 is 0 Å². The lowest BCUT2D eigenvalue weighted by Crippen LogP contribution is -2.71. The summed E-state index contributed by atoms with van der Waals surface area (Å²) in [6, 6.07) is 6.84. The first-order valence-corrected chi connectivity index (χ1v) is 19.3. The monoisotopic (exact) mass is 885 g/mol. The highest BCUT2D eigenvalue weighted by atomic mass is 16.8. The average molecular weight is 886 g/mol. The Morgan fingerprint density at radius 1 is 0.738 bits per heavy atom. The Balaban J connectivity index is 1.49. The lowest BCUT2D eigenvalue weighted by Gasteiger charge is -2.51. The number of carbonyl (C=O) groups excluding carboxylic acids is 1. The van der Waals surface area contributed by atoms with Crippen LogP contribution in [0.25, 0.3) is 0 Å². The fourth-order valence-corrected chi connectivity index (χ4v) is 7.49. The molecule has 15 N–H and O–H groups in total. The quantitative estimate of drug-likeness (QED) is 0.0691.